The molecule has 5 rings (SSSR count). The number of nitrogen functional groups attached to an aromatic ring is 1. The molecule has 0 saturated heterocycles. The smallest absolute Gasteiger partial charge is 0.338 e. The monoisotopic (exact) mass is 512 g/mol. The van der Waals surface area contributed by atoms with Crippen LogP contribution in [-0.4, -0.2) is 50.4 Å². The Balaban J connectivity index is 1.51. The number of amidine groups is 1. The number of ether oxygens (including phenoxy) is 1. The van der Waals surface area contributed by atoms with E-state index >= 15 is 0 Å². The average molecular weight is 513 g/mol. The Kier molecular flexibility index (Phi) is 5.99. The highest BCUT2D eigenvalue weighted by molar-refractivity contribution is 7.90. The van der Waals surface area contributed by atoms with Gasteiger partial charge >= 0.3 is 5.97 Å². The summed E-state index contributed by atoms with van der Waals surface area (Å²) in [6, 6.07) is 14.2. The molecule has 0 radical (unpaired) electrons. The van der Waals surface area contributed by atoms with E-state index in [1.54, 1.807) is 31.4 Å². The highest BCUT2D eigenvalue weighted by Gasteiger charge is 2.35. The second-order valence-electron chi connectivity index (χ2n) is 8.36. The summed E-state index contributed by atoms with van der Waals surface area (Å²) < 4.78 is 32.8. The van der Waals surface area contributed by atoms with Crippen molar-refractivity contribution in [2.45, 2.75) is 23.9 Å². The number of nitrogens with two attached hydrogens (primary N) is 1. The summed E-state index contributed by atoms with van der Waals surface area (Å²) in [4.78, 5) is 19.8. The number of anilines is 1. The fraction of sp³-hybridized carbons (Fsp3) is 0.250. The first-order valence-electron chi connectivity index (χ1n) is 11.0. The van der Waals surface area contributed by atoms with E-state index in [0.717, 1.165) is 21.8 Å². The van der Waals surface area contributed by atoms with Crippen molar-refractivity contribution in [2.24, 2.45) is 4.99 Å². The lowest BCUT2D eigenvalue weighted by atomic mass is 9.96. The minimum atomic E-state index is -3.65. The molecule has 0 spiro atoms. The first-order chi connectivity index (χ1) is 16.8. The van der Waals surface area contributed by atoms with Crippen LogP contribution in [0.3, 0.4) is 0 Å². The number of methoxy groups -OCH3 is 1. The fourth-order valence-corrected chi connectivity index (χ4v) is 7.10. The SMILES string of the molecule is COc1ccc(CN2CCc3c(sc(N)c3C(=O)O)C2CN=C2NS(=O)(=O)c3ccccc32)cc1. The predicted octanol–water partition coefficient (Wildman–Crippen LogP) is 2.88. The molecule has 9 nitrogen and oxygen atoms in total. The van der Waals surface area contributed by atoms with Crippen LogP contribution in [0.2, 0.25) is 0 Å². The Morgan fingerprint density at radius 3 is 2.71 bits per heavy atom. The Labute approximate surface area is 206 Å². The third-order valence-electron chi connectivity index (χ3n) is 6.30. The largest absolute Gasteiger partial charge is 0.497 e. The first-order valence-corrected chi connectivity index (χ1v) is 13.3. The molecular weight excluding hydrogens is 488 g/mol. The lowest BCUT2D eigenvalue weighted by Crippen LogP contribution is -2.36. The maximum absolute atomic E-state index is 12.5. The van der Waals surface area contributed by atoms with Crippen molar-refractivity contribution < 1.29 is 23.1 Å². The molecule has 182 valence electrons. The number of nitrogens with one attached hydrogen (secondary N) is 1. The summed E-state index contributed by atoms with van der Waals surface area (Å²) >= 11 is 1.27. The second kappa shape index (κ2) is 8.99. The van der Waals surface area contributed by atoms with Gasteiger partial charge in [-0.05, 0) is 41.8 Å². The van der Waals surface area contributed by atoms with Gasteiger partial charge in [0.2, 0.25) is 0 Å². The van der Waals surface area contributed by atoms with Crippen molar-refractivity contribution >= 4 is 38.2 Å². The molecule has 1 atom stereocenters. The van der Waals surface area contributed by atoms with Gasteiger partial charge in [-0.25, -0.2) is 13.2 Å². The maximum atomic E-state index is 12.5. The Hall–Kier alpha value is -3.41. The summed E-state index contributed by atoms with van der Waals surface area (Å²) in [7, 11) is -2.03. The van der Waals surface area contributed by atoms with E-state index in [-0.39, 0.29) is 28.0 Å². The number of aromatic carboxylic acids is 1. The Bertz CT molecular complexity index is 1430. The van der Waals surface area contributed by atoms with E-state index in [4.69, 9.17) is 10.5 Å². The number of carboxylic acids is 1. The van der Waals surface area contributed by atoms with Gasteiger partial charge in [-0.3, -0.25) is 14.6 Å². The standard InChI is InChI=1S/C24H24N4O5S2/c1-33-15-8-6-14(7-9-15)13-28-11-10-17-20(24(29)30)22(25)34-21(17)18(28)12-26-23-16-4-2-3-5-19(16)35(31,32)27-23/h2-9,18H,10-13,25H2,1H3,(H,26,27)(H,29,30). The van der Waals surface area contributed by atoms with E-state index in [1.807, 2.05) is 24.3 Å². The summed E-state index contributed by atoms with van der Waals surface area (Å²) in [6.07, 6.45) is 0.559. The number of carbonyl (C=O) groups is 1. The van der Waals surface area contributed by atoms with Crippen LogP contribution in [0.1, 0.15) is 38.0 Å². The van der Waals surface area contributed by atoms with Crippen LogP contribution in [0.25, 0.3) is 0 Å². The quantitative estimate of drug-likeness (QED) is 0.462. The number of rotatable bonds is 6. The normalized spacial score (nSPS) is 19.7. The molecule has 0 bridgehead atoms. The molecule has 1 aromatic heterocycles. The van der Waals surface area contributed by atoms with Gasteiger partial charge in [0.15, 0.2) is 0 Å². The number of thiophene rings is 1. The molecule has 3 heterocycles. The van der Waals surface area contributed by atoms with Crippen LogP contribution in [-0.2, 0) is 23.0 Å². The van der Waals surface area contributed by atoms with E-state index in [1.165, 1.54) is 11.3 Å². The molecule has 1 unspecified atom stereocenters. The van der Waals surface area contributed by atoms with Crippen LogP contribution < -0.4 is 15.2 Å². The number of aliphatic imine (C=N–C) groups is 1. The molecule has 3 aromatic rings. The van der Waals surface area contributed by atoms with E-state index in [9.17, 15) is 18.3 Å². The summed E-state index contributed by atoms with van der Waals surface area (Å²) in [5.41, 5.74) is 8.61. The summed E-state index contributed by atoms with van der Waals surface area (Å²) in [5.74, 6) is 0.0215. The van der Waals surface area contributed by atoms with E-state index in [2.05, 4.69) is 14.6 Å². The van der Waals surface area contributed by atoms with Gasteiger partial charge in [-0.1, -0.05) is 24.3 Å². The first kappa shape index (κ1) is 23.3. The van der Waals surface area contributed by atoms with E-state index < -0.39 is 16.0 Å². The van der Waals surface area contributed by atoms with Crippen LogP contribution in [0.5, 0.6) is 5.75 Å². The van der Waals surface area contributed by atoms with Gasteiger partial charge in [-0.2, -0.15) is 0 Å². The molecule has 0 aliphatic carbocycles. The van der Waals surface area contributed by atoms with Gasteiger partial charge in [0.1, 0.15) is 16.6 Å². The second-order valence-corrected chi connectivity index (χ2v) is 11.1. The van der Waals surface area contributed by atoms with Crippen LogP contribution in [0, 0.1) is 0 Å². The molecule has 0 saturated carbocycles. The minimum absolute atomic E-state index is 0.165. The molecule has 0 fully saturated rings. The van der Waals surface area contributed by atoms with Crippen molar-refractivity contribution in [2.75, 3.05) is 25.9 Å². The lowest BCUT2D eigenvalue weighted by molar-refractivity contribution is 0.0696. The summed E-state index contributed by atoms with van der Waals surface area (Å²) in [6.45, 7) is 1.48. The third kappa shape index (κ3) is 4.26. The minimum Gasteiger partial charge on any atom is -0.497 e. The molecule has 35 heavy (non-hydrogen) atoms. The molecule has 2 aromatic carbocycles. The van der Waals surface area contributed by atoms with Crippen LogP contribution in [0.4, 0.5) is 5.00 Å². The van der Waals surface area contributed by atoms with Gasteiger partial charge < -0.3 is 15.6 Å². The van der Waals surface area contributed by atoms with Crippen LogP contribution in [0.15, 0.2) is 58.4 Å². The molecule has 0 amide bonds. The molecule has 11 heteroatoms. The number of nitrogens with zero attached hydrogens (tertiary/aromatic N) is 2. The number of carboxylic acid groups (broad SMARTS) is 1. The number of hydrogen-bond donors (Lipinski definition) is 3. The molecule has 2 aliphatic heterocycles. The maximum Gasteiger partial charge on any atom is 0.338 e. The van der Waals surface area contributed by atoms with Crippen molar-refractivity contribution in [1.82, 2.24) is 9.62 Å². The number of fused-ring (bicyclic) bond motifs is 2. The van der Waals surface area contributed by atoms with Gasteiger partial charge in [0.05, 0.1) is 30.2 Å². The molecular formula is C24H24N4O5S2. The molecule has 2 aliphatic rings. The van der Waals surface area contributed by atoms with E-state index in [0.29, 0.717) is 30.9 Å². The topological polar surface area (TPSA) is 134 Å². The zero-order chi connectivity index (χ0) is 24.7. The van der Waals surface area contributed by atoms with Crippen molar-refractivity contribution in [3.05, 3.63) is 75.7 Å². The summed E-state index contributed by atoms with van der Waals surface area (Å²) in [5, 5.41) is 9.99. The Morgan fingerprint density at radius 2 is 2.00 bits per heavy atom. The van der Waals surface area contributed by atoms with Gasteiger partial charge in [-0.15, -0.1) is 11.3 Å². The highest BCUT2D eigenvalue weighted by atomic mass is 32.2. The van der Waals surface area contributed by atoms with Crippen molar-refractivity contribution in [3.63, 3.8) is 0 Å². The zero-order valence-electron chi connectivity index (χ0n) is 18.9. The van der Waals surface area contributed by atoms with Crippen molar-refractivity contribution in [3.8, 4) is 5.75 Å². The molecule has 4 N–H and O–H groups in total. The average Bonchev–Trinajstić information content (AvgIpc) is 3.31. The zero-order valence-corrected chi connectivity index (χ0v) is 20.5. The van der Waals surface area contributed by atoms with Crippen molar-refractivity contribution in [1.29, 1.82) is 0 Å². The number of sulfonamides is 1. The van der Waals surface area contributed by atoms with Gasteiger partial charge in [0.25, 0.3) is 10.0 Å². The Morgan fingerprint density at radius 1 is 1.26 bits per heavy atom. The highest BCUT2D eigenvalue weighted by Crippen LogP contribution is 2.42. The third-order valence-corrected chi connectivity index (χ3v) is 8.86. The lowest BCUT2D eigenvalue weighted by Gasteiger charge is -2.35. The number of benzene rings is 2. The predicted molar refractivity (Wildman–Crippen MR) is 134 cm³/mol. The fourth-order valence-electron chi connectivity index (χ4n) is 4.61. The van der Waals surface area contributed by atoms with Crippen LogP contribution >= 0.6 is 11.3 Å². The van der Waals surface area contributed by atoms with Gasteiger partial charge in [0, 0.05) is 23.5 Å². The number of hydrogen-bond acceptors (Lipinski definition) is 8.